The minimum Gasteiger partial charge on any atom is -0.482 e. The Labute approximate surface area is 64.8 Å². The molecule has 1 aromatic carbocycles. The van der Waals surface area contributed by atoms with Gasteiger partial charge in [0.05, 0.1) is 5.56 Å². The molecule has 1 aliphatic heterocycles. The molecule has 2 rings (SSSR count). The van der Waals surface area contributed by atoms with E-state index in [1.807, 2.05) is 18.2 Å². The van der Waals surface area contributed by atoms with E-state index in [-0.39, 0.29) is 11.9 Å². The summed E-state index contributed by atoms with van der Waals surface area (Å²) in [6.45, 7) is 1.77. The molecule has 56 valence electrons. The molecule has 11 heavy (non-hydrogen) atoms. The molecule has 0 N–H and O–H groups in total. The van der Waals surface area contributed by atoms with Crippen LogP contribution in [0.2, 0.25) is 0 Å². The molecule has 0 spiro atoms. The lowest BCUT2D eigenvalue weighted by Crippen LogP contribution is -2.14. The SMILES string of the molecule is CC1Oc2ccccc2C1=O. The first-order valence-electron chi connectivity index (χ1n) is 3.59. The summed E-state index contributed by atoms with van der Waals surface area (Å²) in [6, 6.07) is 7.32. The highest BCUT2D eigenvalue weighted by Gasteiger charge is 2.27. The van der Waals surface area contributed by atoms with Crippen molar-refractivity contribution in [1.82, 2.24) is 0 Å². The van der Waals surface area contributed by atoms with Gasteiger partial charge >= 0.3 is 0 Å². The molecule has 1 heterocycles. The lowest BCUT2D eigenvalue weighted by molar-refractivity contribution is 0.0878. The van der Waals surface area contributed by atoms with Gasteiger partial charge in [0.15, 0.2) is 6.10 Å². The van der Waals surface area contributed by atoms with Crippen LogP contribution in [0.3, 0.4) is 0 Å². The number of para-hydroxylation sites is 1. The number of benzene rings is 1. The normalized spacial score (nSPS) is 21.2. The van der Waals surface area contributed by atoms with Crippen molar-refractivity contribution >= 4 is 5.78 Å². The summed E-state index contributed by atoms with van der Waals surface area (Å²) in [5.41, 5.74) is 0.708. The lowest BCUT2D eigenvalue weighted by atomic mass is 10.1. The summed E-state index contributed by atoms with van der Waals surface area (Å²) in [6.07, 6.45) is -0.299. The number of carbonyl (C=O) groups excluding carboxylic acids is 1. The minimum atomic E-state index is -0.299. The zero-order chi connectivity index (χ0) is 7.84. The topological polar surface area (TPSA) is 26.3 Å². The number of ketones is 1. The van der Waals surface area contributed by atoms with E-state index in [1.54, 1.807) is 13.0 Å². The largest absolute Gasteiger partial charge is 0.482 e. The van der Waals surface area contributed by atoms with Crippen molar-refractivity contribution in [2.24, 2.45) is 0 Å². The Morgan fingerprint density at radius 2 is 2.09 bits per heavy atom. The van der Waals surface area contributed by atoms with Gasteiger partial charge in [-0.1, -0.05) is 12.1 Å². The maximum Gasteiger partial charge on any atom is 0.206 e. The van der Waals surface area contributed by atoms with Crippen LogP contribution in [0, 0.1) is 0 Å². The van der Waals surface area contributed by atoms with Gasteiger partial charge in [-0.3, -0.25) is 4.79 Å². The summed E-state index contributed by atoms with van der Waals surface area (Å²) < 4.78 is 5.27. The molecule has 1 aliphatic rings. The predicted octanol–water partition coefficient (Wildman–Crippen LogP) is 1.65. The highest BCUT2D eigenvalue weighted by atomic mass is 16.5. The van der Waals surface area contributed by atoms with E-state index in [0.717, 1.165) is 0 Å². The van der Waals surface area contributed by atoms with Crippen molar-refractivity contribution in [3.8, 4) is 5.75 Å². The van der Waals surface area contributed by atoms with Crippen LogP contribution < -0.4 is 4.74 Å². The second kappa shape index (κ2) is 2.09. The van der Waals surface area contributed by atoms with Gasteiger partial charge in [0.25, 0.3) is 0 Å². The first-order chi connectivity index (χ1) is 5.29. The fourth-order valence-corrected chi connectivity index (χ4v) is 1.24. The first kappa shape index (κ1) is 6.40. The van der Waals surface area contributed by atoms with Crippen LogP contribution in [0.4, 0.5) is 0 Å². The Morgan fingerprint density at radius 1 is 1.36 bits per heavy atom. The Balaban J connectivity index is 2.55. The number of hydrogen-bond donors (Lipinski definition) is 0. The van der Waals surface area contributed by atoms with E-state index in [4.69, 9.17) is 4.74 Å². The molecule has 1 unspecified atom stereocenters. The molecule has 1 aromatic rings. The molecule has 2 nitrogen and oxygen atoms in total. The number of hydrogen-bond acceptors (Lipinski definition) is 2. The number of carbonyl (C=O) groups is 1. The van der Waals surface area contributed by atoms with E-state index < -0.39 is 0 Å². The van der Waals surface area contributed by atoms with Crippen molar-refractivity contribution in [1.29, 1.82) is 0 Å². The quantitative estimate of drug-likeness (QED) is 0.559. The van der Waals surface area contributed by atoms with Crippen molar-refractivity contribution in [3.63, 3.8) is 0 Å². The van der Waals surface area contributed by atoms with Crippen LogP contribution in [-0.2, 0) is 0 Å². The molecular weight excluding hydrogens is 140 g/mol. The van der Waals surface area contributed by atoms with Crippen LogP contribution in [-0.4, -0.2) is 11.9 Å². The van der Waals surface area contributed by atoms with E-state index in [1.165, 1.54) is 0 Å². The summed E-state index contributed by atoms with van der Waals surface area (Å²) in [5, 5.41) is 0. The Kier molecular flexibility index (Phi) is 1.22. The molecule has 0 aromatic heterocycles. The predicted molar refractivity (Wildman–Crippen MR) is 40.9 cm³/mol. The molecule has 0 aliphatic carbocycles. The third-order valence-electron chi connectivity index (χ3n) is 1.83. The van der Waals surface area contributed by atoms with Gasteiger partial charge < -0.3 is 4.74 Å². The van der Waals surface area contributed by atoms with Crippen molar-refractivity contribution in [2.75, 3.05) is 0 Å². The van der Waals surface area contributed by atoms with Crippen molar-refractivity contribution < 1.29 is 9.53 Å². The van der Waals surface area contributed by atoms with Gasteiger partial charge in [-0.15, -0.1) is 0 Å². The molecule has 0 saturated carbocycles. The van der Waals surface area contributed by atoms with Gasteiger partial charge in [-0.25, -0.2) is 0 Å². The standard InChI is InChI=1S/C9H8O2/c1-6-9(10)7-4-2-3-5-8(7)11-6/h2-6H,1H3. The van der Waals surface area contributed by atoms with Crippen LogP contribution in [0.15, 0.2) is 24.3 Å². The van der Waals surface area contributed by atoms with Gasteiger partial charge in [-0.2, -0.15) is 0 Å². The fraction of sp³-hybridized carbons (Fsp3) is 0.222. The second-order valence-corrected chi connectivity index (χ2v) is 2.62. The second-order valence-electron chi connectivity index (χ2n) is 2.62. The van der Waals surface area contributed by atoms with Gasteiger partial charge in [0.1, 0.15) is 5.75 Å². The Morgan fingerprint density at radius 3 is 2.82 bits per heavy atom. The minimum absolute atomic E-state index is 0.0839. The molecular formula is C9H8O2. The molecule has 2 heteroatoms. The average molecular weight is 148 g/mol. The monoisotopic (exact) mass is 148 g/mol. The zero-order valence-corrected chi connectivity index (χ0v) is 6.20. The maximum atomic E-state index is 11.3. The lowest BCUT2D eigenvalue weighted by Gasteiger charge is -1.98. The molecule has 0 fully saturated rings. The number of Topliss-reactive ketones (excluding diaryl/α,β-unsaturated/α-hetero) is 1. The first-order valence-corrected chi connectivity index (χ1v) is 3.59. The number of rotatable bonds is 0. The van der Waals surface area contributed by atoms with Crippen molar-refractivity contribution in [2.45, 2.75) is 13.0 Å². The summed E-state index contributed by atoms with van der Waals surface area (Å²) >= 11 is 0. The highest BCUT2D eigenvalue weighted by molar-refractivity contribution is 6.04. The van der Waals surface area contributed by atoms with E-state index in [9.17, 15) is 4.79 Å². The van der Waals surface area contributed by atoms with E-state index >= 15 is 0 Å². The summed E-state index contributed by atoms with van der Waals surface area (Å²) in [5.74, 6) is 0.797. The van der Waals surface area contributed by atoms with Gasteiger partial charge in [0.2, 0.25) is 5.78 Å². The smallest absolute Gasteiger partial charge is 0.206 e. The molecule has 1 atom stereocenters. The van der Waals surface area contributed by atoms with Gasteiger partial charge in [-0.05, 0) is 19.1 Å². The molecule has 0 saturated heterocycles. The molecule has 0 bridgehead atoms. The molecule has 0 radical (unpaired) electrons. The van der Waals surface area contributed by atoms with E-state index in [2.05, 4.69) is 0 Å². The van der Waals surface area contributed by atoms with Crippen LogP contribution in [0.5, 0.6) is 5.75 Å². The number of fused-ring (bicyclic) bond motifs is 1. The molecule has 0 amide bonds. The van der Waals surface area contributed by atoms with Crippen LogP contribution >= 0.6 is 0 Å². The maximum absolute atomic E-state index is 11.3. The fourth-order valence-electron chi connectivity index (χ4n) is 1.24. The van der Waals surface area contributed by atoms with E-state index in [0.29, 0.717) is 11.3 Å². The summed E-state index contributed by atoms with van der Waals surface area (Å²) in [4.78, 5) is 11.3. The third kappa shape index (κ3) is 0.827. The Hall–Kier alpha value is -1.31. The van der Waals surface area contributed by atoms with Gasteiger partial charge in [0, 0.05) is 0 Å². The highest BCUT2D eigenvalue weighted by Crippen LogP contribution is 2.27. The Bertz CT molecular complexity index is 304. The van der Waals surface area contributed by atoms with Crippen molar-refractivity contribution in [3.05, 3.63) is 29.8 Å². The third-order valence-corrected chi connectivity index (χ3v) is 1.83. The van der Waals surface area contributed by atoms with Crippen LogP contribution in [0.25, 0.3) is 0 Å². The van der Waals surface area contributed by atoms with Crippen LogP contribution in [0.1, 0.15) is 17.3 Å². The average Bonchev–Trinajstić information content (AvgIpc) is 2.30. The number of ether oxygens (including phenoxy) is 1. The zero-order valence-electron chi connectivity index (χ0n) is 6.20. The summed E-state index contributed by atoms with van der Waals surface area (Å²) in [7, 11) is 0.